The Morgan fingerprint density at radius 1 is 1.03 bits per heavy atom. The quantitative estimate of drug-likeness (QED) is 0.277. The van der Waals surface area contributed by atoms with Crippen LogP contribution in [0.1, 0.15) is 29.0 Å². The molecule has 33 heavy (non-hydrogen) atoms. The van der Waals surface area contributed by atoms with Gasteiger partial charge in [0.15, 0.2) is 0 Å². The van der Waals surface area contributed by atoms with Crippen LogP contribution in [-0.4, -0.2) is 25.4 Å². The van der Waals surface area contributed by atoms with Gasteiger partial charge in [0.25, 0.3) is 0 Å². The first-order chi connectivity index (χ1) is 15.6. The Balaban J connectivity index is 0.00000306. The zero-order chi connectivity index (χ0) is 22.3. The fraction of sp³-hybridized carbons (Fsp3) is 0.231. The first-order valence-electron chi connectivity index (χ1n) is 10.6. The molecule has 1 aliphatic rings. The van der Waals surface area contributed by atoms with Gasteiger partial charge in [-0.1, -0.05) is 59.8 Å². The average Bonchev–Trinajstić information content (AvgIpc) is 3.63. The van der Waals surface area contributed by atoms with Crippen molar-refractivity contribution in [3.8, 4) is 5.75 Å². The smallest absolute Gasteiger partial charge is 0.550 e. The molecule has 7 heteroatoms. The predicted octanol–water partition coefficient (Wildman–Crippen LogP) is 0.586. The molecule has 1 N–H and O–H groups in total. The number of hydrogen-bond donors (Lipinski definition) is 1. The fourth-order valence-corrected chi connectivity index (χ4v) is 3.63. The Morgan fingerprint density at radius 2 is 1.73 bits per heavy atom. The van der Waals surface area contributed by atoms with Crippen LogP contribution in [0.4, 0.5) is 5.69 Å². The molecule has 1 aliphatic carbocycles. The van der Waals surface area contributed by atoms with E-state index in [2.05, 4.69) is 10.5 Å². The topological polar surface area (TPSA) is 83.0 Å². The molecule has 1 saturated carbocycles. The minimum Gasteiger partial charge on any atom is -0.550 e. The van der Waals surface area contributed by atoms with Gasteiger partial charge in [-0.25, -0.2) is 0 Å². The number of carboxylic acids is 1. The Kier molecular flexibility index (Phi) is 8.95. The zero-order valence-electron chi connectivity index (χ0n) is 18.9. The van der Waals surface area contributed by atoms with Gasteiger partial charge in [-0.15, -0.1) is 0 Å². The van der Waals surface area contributed by atoms with Crippen LogP contribution < -0.4 is 44.7 Å². The molecule has 4 rings (SSSR count). The summed E-state index contributed by atoms with van der Waals surface area (Å²) in [7, 11) is 1.52. The molecular formula is C26H25N2NaO4. The van der Waals surface area contributed by atoms with Crippen molar-refractivity contribution in [1.29, 1.82) is 0 Å². The number of anilines is 1. The molecule has 0 bridgehead atoms. The van der Waals surface area contributed by atoms with E-state index in [4.69, 9.17) is 9.57 Å². The van der Waals surface area contributed by atoms with E-state index in [1.807, 2.05) is 78.9 Å². The van der Waals surface area contributed by atoms with Crippen molar-refractivity contribution < 1.29 is 49.0 Å². The van der Waals surface area contributed by atoms with Crippen molar-refractivity contribution in [2.24, 2.45) is 11.1 Å². The molecule has 6 nitrogen and oxygen atoms in total. The number of aliphatic carboxylic acids is 1. The van der Waals surface area contributed by atoms with Gasteiger partial charge in [-0.05, 0) is 47.7 Å². The maximum absolute atomic E-state index is 10.9. The third kappa shape index (κ3) is 6.84. The van der Waals surface area contributed by atoms with Crippen LogP contribution >= 0.6 is 0 Å². The van der Waals surface area contributed by atoms with E-state index < -0.39 is 5.97 Å². The first-order valence-corrected chi connectivity index (χ1v) is 10.6. The number of carbonyl (C=O) groups excluding carboxylic acids is 1. The second-order valence-electron chi connectivity index (χ2n) is 7.76. The molecule has 0 radical (unpaired) electrons. The van der Waals surface area contributed by atoms with Crippen LogP contribution in [-0.2, 0) is 16.2 Å². The monoisotopic (exact) mass is 452 g/mol. The molecule has 0 heterocycles. The second kappa shape index (κ2) is 11.9. The largest absolute Gasteiger partial charge is 1.00 e. The molecule has 164 valence electrons. The summed E-state index contributed by atoms with van der Waals surface area (Å²) >= 11 is 0. The Bertz CT molecular complexity index is 1070. The van der Waals surface area contributed by atoms with Crippen molar-refractivity contribution in [1.82, 2.24) is 0 Å². The van der Waals surface area contributed by atoms with Crippen molar-refractivity contribution >= 4 is 17.4 Å². The van der Waals surface area contributed by atoms with E-state index in [9.17, 15) is 9.90 Å². The Labute approximate surface area is 215 Å². The molecule has 0 saturated heterocycles. The van der Waals surface area contributed by atoms with Crippen LogP contribution in [0.3, 0.4) is 0 Å². The summed E-state index contributed by atoms with van der Waals surface area (Å²) in [6.07, 6.45) is 0.674. The van der Waals surface area contributed by atoms with Gasteiger partial charge in [-0.2, -0.15) is 0 Å². The third-order valence-electron chi connectivity index (χ3n) is 5.54. The minimum atomic E-state index is -0.952. The number of nitrogens with zero attached hydrogens (tertiary/aromatic N) is 1. The van der Waals surface area contributed by atoms with Crippen LogP contribution in [0.15, 0.2) is 84.0 Å². The molecule has 0 aromatic heterocycles. The fourth-order valence-electron chi connectivity index (χ4n) is 3.63. The van der Waals surface area contributed by atoms with Gasteiger partial charge in [0.05, 0.1) is 0 Å². The Hall–Kier alpha value is -2.80. The predicted molar refractivity (Wildman–Crippen MR) is 122 cm³/mol. The summed E-state index contributed by atoms with van der Waals surface area (Å²) in [6, 6.07) is 25.6. The average molecular weight is 452 g/mol. The van der Waals surface area contributed by atoms with E-state index in [-0.39, 0.29) is 41.4 Å². The zero-order valence-corrected chi connectivity index (χ0v) is 20.9. The minimum absolute atomic E-state index is 0. The molecule has 2 atom stereocenters. The van der Waals surface area contributed by atoms with Gasteiger partial charge in [0, 0.05) is 29.7 Å². The maximum Gasteiger partial charge on any atom is 1.00 e. The van der Waals surface area contributed by atoms with Crippen LogP contribution in [0.25, 0.3) is 0 Å². The summed E-state index contributed by atoms with van der Waals surface area (Å²) in [5, 5.41) is 18.4. The maximum atomic E-state index is 10.9. The normalized spacial score (nSPS) is 16.9. The number of carbonyl (C=O) groups is 1. The van der Waals surface area contributed by atoms with Gasteiger partial charge < -0.3 is 24.8 Å². The number of rotatable bonds is 10. The molecule has 0 aliphatic heterocycles. The van der Waals surface area contributed by atoms with Crippen molar-refractivity contribution in [2.45, 2.75) is 18.9 Å². The number of oxime groups is 1. The van der Waals surface area contributed by atoms with Crippen LogP contribution in [0.5, 0.6) is 5.75 Å². The number of benzene rings is 3. The second-order valence-corrected chi connectivity index (χ2v) is 7.76. The summed E-state index contributed by atoms with van der Waals surface area (Å²) in [4.78, 5) is 15.9. The SMILES string of the molecule is CO/N=C(/COc1ccc(CNc2ccc(C3CC3C(=O)[O-])cc2)cc1)c1ccccc1.[Na+]. The molecule has 3 aromatic carbocycles. The standard InChI is InChI=1S/C26H26N2O4.Na/c1-31-28-25(20-5-3-2-4-6-20)17-32-22-13-7-18(8-14-22)16-27-21-11-9-19(10-12-21)23-15-24(23)26(29)30;/h2-14,23-24,27H,15-17H2,1H3,(H,29,30);/q;+1/p-1/b28-25-;. The Morgan fingerprint density at radius 3 is 2.33 bits per heavy atom. The summed E-state index contributed by atoms with van der Waals surface area (Å²) in [5.41, 5.74) is 4.84. The summed E-state index contributed by atoms with van der Waals surface area (Å²) in [5.74, 6) is -0.436. The molecular weight excluding hydrogens is 427 g/mol. The number of nitrogens with one attached hydrogen (secondary N) is 1. The van der Waals surface area contributed by atoms with Crippen molar-refractivity contribution in [2.75, 3.05) is 19.0 Å². The van der Waals surface area contributed by atoms with Crippen molar-refractivity contribution in [3.05, 3.63) is 95.6 Å². The van der Waals surface area contributed by atoms with E-state index in [1.165, 1.54) is 7.11 Å². The van der Waals surface area contributed by atoms with Gasteiger partial charge in [0.1, 0.15) is 25.2 Å². The van der Waals surface area contributed by atoms with Crippen molar-refractivity contribution in [3.63, 3.8) is 0 Å². The van der Waals surface area contributed by atoms with Crippen LogP contribution in [0.2, 0.25) is 0 Å². The first kappa shape index (κ1) is 24.8. The summed E-state index contributed by atoms with van der Waals surface area (Å²) < 4.78 is 5.88. The van der Waals surface area contributed by atoms with Gasteiger partial charge >= 0.3 is 29.6 Å². The molecule has 1 fully saturated rings. The third-order valence-corrected chi connectivity index (χ3v) is 5.54. The number of hydrogen-bond acceptors (Lipinski definition) is 6. The van der Waals surface area contributed by atoms with E-state index in [0.717, 1.165) is 33.8 Å². The van der Waals surface area contributed by atoms with E-state index in [0.29, 0.717) is 19.6 Å². The molecule has 0 amide bonds. The van der Waals surface area contributed by atoms with Crippen LogP contribution in [0, 0.1) is 5.92 Å². The molecule has 2 unspecified atom stereocenters. The molecule has 3 aromatic rings. The number of ether oxygens (including phenoxy) is 1. The molecule has 0 spiro atoms. The number of carboxylic acid groups (broad SMARTS) is 1. The van der Waals surface area contributed by atoms with E-state index >= 15 is 0 Å². The van der Waals surface area contributed by atoms with Gasteiger partial charge in [-0.3, -0.25) is 0 Å². The van der Waals surface area contributed by atoms with E-state index in [1.54, 1.807) is 0 Å². The van der Waals surface area contributed by atoms with Gasteiger partial charge in [0.2, 0.25) is 0 Å². The summed E-state index contributed by atoms with van der Waals surface area (Å²) in [6.45, 7) is 0.979.